The molecule has 76 heavy (non-hydrogen) atoms. The van der Waals surface area contributed by atoms with Crippen LogP contribution in [-0.2, 0) is 21.7 Å². The van der Waals surface area contributed by atoms with Gasteiger partial charge in [0, 0.05) is 68.2 Å². The van der Waals surface area contributed by atoms with Crippen molar-refractivity contribution in [3.8, 4) is 0 Å². The van der Waals surface area contributed by atoms with Gasteiger partial charge in [0.05, 0.1) is 0 Å². The van der Waals surface area contributed by atoms with Crippen LogP contribution in [0.15, 0.2) is 194 Å². The smallest absolute Gasteiger partial charge is 0.252 e. The predicted octanol–water partition coefficient (Wildman–Crippen LogP) is 14.5. The first-order valence-electron chi connectivity index (χ1n) is 27.9. The molecule has 0 saturated heterocycles. The molecular weight excluding hydrogens is 918 g/mol. The van der Waals surface area contributed by atoms with Crippen LogP contribution in [0.4, 0.5) is 68.2 Å². The number of hydrogen-bond donors (Lipinski definition) is 0. The summed E-state index contributed by atoms with van der Waals surface area (Å²) >= 11 is 0. The third-order valence-corrected chi connectivity index (χ3v) is 19.1. The van der Waals surface area contributed by atoms with Crippen molar-refractivity contribution in [3.63, 3.8) is 0 Å². The largest absolute Gasteiger partial charge is 0.311 e. The quantitative estimate of drug-likeness (QED) is 0.163. The molecule has 4 heterocycles. The molecule has 0 unspecified atom stereocenters. The summed E-state index contributed by atoms with van der Waals surface area (Å²) in [6.45, 7) is 19.6. The van der Waals surface area contributed by atoms with Gasteiger partial charge < -0.3 is 19.6 Å². The van der Waals surface area contributed by atoms with Crippen LogP contribution in [0.5, 0.6) is 0 Å². The summed E-state index contributed by atoms with van der Waals surface area (Å²) in [7, 11) is 0. The summed E-state index contributed by atoms with van der Waals surface area (Å²) in [5, 5.41) is 0. The van der Waals surface area contributed by atoms with Gasteiger partial charge >= 0.3 is 0 Å². The number of rotatable bonds is 4. The number of para-hydroxylation sites is 4. The number of anilines is 12. The average molecular weight is 983 g/mol. The molecule has 4 nitrogen and oxygen atoms in total. The highest BCUT2D eigenvalue weighted by Gasteiger charge is 2.49. The van der Waals surface area contributed by atoms with Gasteiger partial charge in [-0.25, -0.2) is 0 Å². The fourth-order valence-corrected chi connectivity index (χ4v) is 15.0. The molecule has 0 spiro atoms. The Labute approximate surface area is 450 Å². The lowest BCUT2D eigenvalue weighted by molar-refractivity contribution is 0.332. The van der Waals surface area contributed by atoms with E-state index >= 15 is 0 Å². The fourth-order valence-electron chi connectivity index (χ4n) is 15.0. The average Bonchev–Trinajstić information content (AvgIpc) is 3.54. The molecule has 0 atom stereocenters. The van der Waals surface area contributed by atoms with Crippen molar-refractivity contribution in [2.24, 2.45) is 0 Å². The van der Waals surface area contributed by atoms with Gasteiger partial charge in [-0.15, -0.1) is 0 Å². The second-order valence-corrected chi connectivity index (χ2v) is 25.4. The van der Waals surface area contributed by atoms with E-state index in [1.165, 1.54) is 136 Å². The first-order chi connectivity index (χ1) is 36.7. The Kier molecular flexibility index (Phi) is 9.57. The topological polar surface area (TPSA) is 13.0 Å². The minimum Gasteiger partial charge on any atom is -0.311 e. The summed E-state index contributed by atoms with van der Waals surface area (Å²) in [5.74, 6) is 0. The number of benzene rings is 9. The lowest BCUT2D eigenvalue weighted by atomic mass is 9.30. The van der Waals surface area contributed by atoms with Gasteiger partial charge in [-0.1, -0.05) is 159 Å². The van der Waals surface area contributed by atoms with E-state index in [9.17, 15) is 0 Å². The molecule has 4 aliphatic heterocycles. The van der Waals surface area contributed by atoms with Crippen molar-refractivity contribution in [1.29, 1.82) is 0 Å². The maximum absolute atomic E-state index is 2.68. The minimum atomic E-state index is -0.0246. The number of fused-ring (bicyclic) bond motifs is 10. The Balaban J connectivity index is 1.06. The Morgan fingerprint density at radius 2 is 0.592 bits per heavy atom. The van der Waals surface area contributed by atoms with Crippen LogP contribution in [0, 0.1) is 0 Å². The van der Waals surface area contributed by atoms with Gasteiger partial charge in [0.2, 0.25) is 0 Å². The third-order valence-electron chi connectivity index (χ3n) is 19.1. The van der Waals surface area contributed by atoms with E-state index in [0.717, 1.165) is 12.8 Å². The third kappa shape index (κ3) is 6.39. The molecule has 0 bridgehead atoms. The molecule has 6 aliphatic rings. The molecule has 2 aliphatic carbocycles. The lowest BCUT2D eigenvalue weighted by Crippen LogP contribution is -2.65. The van der Waals surface area contributed by atoms with E-state index < -0.39 is 0 Å². The highest BCUT2D eigenvalue weighted by molar-refractivity contribution is 7.03. The van der Waals surface area contributed by atoms with Gasteiger partial charge in [0.1, 0.15) is 0 Å². The molecular formula is C70H64B2N4. The number of hydrogen-bond acceptors (Lipinski definition) is 4. The van der Waals surface area contributed by atoms with Gasteiger partial charge in [-0.2, -0.15) is 0 Å². The Hall–Kier alpha value is -7.69. The van der Waals surface area contributed by atoms with Crippen molar-refractivity contribution < 1.29 is 0 Å². The second-order valence-electron chi connectivity index (χ2n) is 25.4. The summed E-state index contributed by atoms with van der Waals surface area (Å²) in [6.07, 6.45) is 4.67. The molecule has 9 aromatic carbocycles. The molecule has 0 aromatic heterocycles. The molecule has 0 saturated carbocycles. The highest BCUT2D eigenvalue weighted by Crippen LogP contribution is 2.53. The van der Waals surface area contributed by atoms with Crippen molar-refractivity contribution in [2.75, 3.05) is 19.6 Å². The molecule has 0 amide bonds. The van der Waals surface area contributed by atoms with Crippen molar-refractivity contribution in [3.05, 3.63) is 216 Å². The SMILES string of the molecule is CC1(C)CCC(C)(C)c2cc(N3c4cc5c(cc4B4c6ccccc6N(c6ccccc6)c6cccc3c64)B3c4ccccc4N(c4ccccc4)c4cccc(c43)N5c3ccc4c(c3)C(C)(C)CCC4(C)C)ccc21. The molecule has 0 N–H and O–H groups in total. The van der Waals surface area contributed by atoms with E-state index in [1.807, 2.05) is 0 Å². The molecule has 370 valence electrons. The normalized spacial score (nSPS) is 18.1. The van der Waals surface area contributed by atoms with Gasteiger partial charge in [0.15, 0.2) is 0 Å². The van der Waals surface area contributed by atoms with E-state index in [2.05, 4.69) is 269 Å². The van der Waals surface area contributed by atoms with Crippen molar-refractivity contribution in [1.82, 2.24) is 0 Å². The zero-order chi connectivity index (χ0) is 51.6. The number of nitrogens with zero attached hydrogens (tertiary/aromatic N) is 4. The highest BCUT2D eigenvalue weighted by atomic mass is 15.2. The summed E-state index contributed by atoms with van der Waals surface area (Å²) in [5.41, 5.74) is 28.8. The molecule has 15 rings (SSSR count). The molecule has 0 radical (unpaired) electrons. The van der Waals surface area contributed by atoms with Gasteiger partial charge in [0.25, 0.3) is 13.4 Å². The summed E-state index contributed by atoms with van der Waals surface area (Å²) in [4.78, 5) is 10.4. The first-order valence-corrected chi connectivity index (χ1v) is 27.9. The van der Waals surface area contributed by atoms with Crippen molar-refractivity contribution in [2.45, 2.75) is 103 Å². The van der Waals surface area contributed by atoms with Gasteiger partial charge in [-0.05, 0) is 193 Å². The summed E-state index contributed by atoms with van der Waals surface area (Å²) < 4.78 is 0. The monoisotopic (exact) mass is 983 g/mol. The zero-order valence-corrected chi connectivity index (χ0v) is 45.2. The van der Waals surface area contributed by atoms with Crippen molar-refractivity contribution >= 4 is 114 Å². The Morgan fingerprint density at radius 1 is 0.263 bits per heavy atom. The van der Waals surface area contributed by atoms with Crippen LogP contribution in [0.1, 0.15) is 103 Å². The van der Waals surface area contributed by atoms with E-state index in [1.54, 1.807) is 0 Å². The van der Waals surface area contributed by atoms with Crippen LogP contribution in [-0.4, -0.2) is 13.4 Å². The Bertz CT molecular complexity index is 3640. The standard InChI is InChI=1S/C70H64B2N4/c1-67(2)37-39-69(5,6)51-41-47(33-35-49(51)67)75-61-31-19-29-59-65(61)71(53-25-15-17-27-57(53)73(59)45-21-11-9-12-22-45)55-43-56-64(44-63(55)75)76(48-34-36-50-52(42-48)70(7,8)40-38-68(50,3)4)62-32-20-30-60-66(62)72(56)54-26-16-18-28-58(54)74(60)46-23-13-10-14-24-46/h9-36,41-44H,37-40H2,1-8H3. The Morgan fingerprint density at radius 3 is 0.987 bits per heavy atom. The maximum Gasteiger partial charge on any atom is 0.252 e. The summed E-state index contributed by atoms with van der Waals surface area (Å²) in [6, 6.07) is 74.9. The first kappa shape index (κ1) is 45.7. The lowest BCUT2D eigenvalue weighted by Gasteiger charge is -2.48. The maximum atomic E-state index is 2.68. The van der Waals surface area contributed by atoms with E-state index in [-0.39, 0.29) is 35.1 Å². The molecule has 0 fully saturated rings. The molecule has 9 aromatic rings. The zero-order valence-electron chi connectivity index (χ0n) is 45.2. The van der Waals surface area contributed by atoms with E-state index in [0.29, 0.717) is 0 Å². The molecule has 6 heteroatoms. The predicted molar refractivity (Wildman–Crippen MR) is 325 cm³/mol. The second kappa shape index (κ2) is 15.9. The van der Waals surface area contributed by atoms with E-state index in [4.69, 9.17) is 0 Å². The van der Waals surface area contributed by atoms with Crippen LogP contribution in [0.3, 0.4) is 0 Å². The fraction of sp³-hybridized carbons (Fsp3) is 0.229. The van der Waals surface area contributed by atoms with Gasteiger partial charge in [-0.3, -0.25) is 0 Å². The van der Waals surface area contributed by atoms with Crippen LogP contribution < -0.4 is 52.4 Å². The van der Waals surface area contributed by atoms with Crippen LogP contribution in [0.25, 0.3) is 0 Å². The minimum absolute atomic E-state index is 0.0246. The van der Waals surface area contributed by atoms with Crippen LogP contribution >= 0.6 is 0 Å². The van der Waals surface area contributed by atoms with Crippen LogP contribution in [0.2, 0.25) is 0 Å².